The molecule has 94 valence electrons. The summed E-state index contributed by atoms with van der Waals surface area (Å²) in [4.78, 5) is 0. The Balaban J connectivity index is 2.50. The van der Waals surface area contributed by atoms with Gasteiger partial charge in [-0.25, -0.2) is 0 Å². The van der Waals surface area contributed by atoms with Crippen molar-refractivity contribution >= 4 is 33.2 Å². The number of nitrogens with zero attached hydrogens (tertiary/aromatic N) is 1. The minimum Gasteiger partial charge on any atom is -0.399 e. The van der Waals surface area contributed by atoms with Crippen LogP contribution in [0.3, 0.4) is 0 Å². The van der Waals surface area contributed by atoms with E-state index in [0.29, 0.717) is 0 Å². The Kier molecular flexibility index (Phi) is 2.60. The molecular formula is C16H16N3+. The zero-order valence-corrected chi connectivity index (χ0v) is 10.6. The summed E-state index contributed by atoms with van der Waals surface area (Å²) >= 11 is 0. The van der Waals surface area contributed by atoms with Crippen LogP contribution in [-0.4, -0.2) is 0 Å². The number of allylic oxidation sites excluding steroid dienone is 1. The number of anilines is 2. The Morgan fingerprint density at radius 1 is 0.895 bits per heavy atom. The van der Waals surface area contributed by atoms with Gasteiger partial charge >= 0.3 is 0 Å². The van der Waals surface area contributed by atoms with Gasteiger partial charge in [-0.3, -0.25) is 0 Å². The van der Waals surface area contributed by atoms with Crippen LogP contribution < -0.4 is 16.0 Å². The van der Waals surface area contributed by atoms with E-state index in [-0.39, 0.29) is 0 Å². The van der Waals surface area contributed by atoms with Crippen LogP contribution >= 0.6 is 0 Å². The maximum Gasteiger partial charge on any atom is 0.215 e. The maximum atomic E-state index is 5.90. The molecule has 0 aliphatic heterocycles. The molecule has 0 aliphatic rings. The molecule has 0 saturated heterocycles. The number of benzene rings is 2. The fourth-order valence-corrected chi connectivity index (χ4v) is 2.46. The Morgan fingerprint density at radius 2 is 1.42 bits per heavy atom. The monoisotopic (exact) mass is 250 g/mol. The number of hydrogen-bond donors (Lipinski definition) is 2. The Morgan fingerprint density at radius 3 is 1.89 bits per heavy atom. The van der Waals surface area contributed by atoms with Crippen molar-refractivity contribution in [1.82, 2.24) is 0 Å². The number of rotatable bonds is 2. The largest absolute Gasteiger partial charge is 0.399 e. The van der Waals surface area contributed by atoms with Gasteiger partial charge in [0.1, 0.15) is 0 Å². The number of nitrogens with two attached hydrogens (primary N) is 2. The lowest BCUT2D eigenvalue weighted by Crippen LogP contribution is -2.34. The van der Waals surface area contributed by atoms with Crippen molar-refractivity contribution in [3.05, 3.63) is 55.1 Å². The summed E-state index contributed by atoms with van der Waals surface area (Å²) in [6, 6.07) is 14.1. The van der Waals surface area contributed by atoms with Crippen LogP contribution in [0.25, 0.3) is 21.8 Å². The third kappa shape index (κ3) is 1.89. The Bertz CT molecular complexity index is 731. The lowest BCUT2D eigenvalue weighted by molar-refractivity contribution is -0.634. The van der Waals surface area contributed by atoms with Crippen molar-refractivity contribution in [1.29, 1.82) is 0 Å². The highest BCUT2D eigenvalue weighted by Gasteiger charge is 2.14. The first kappa shape index (κ1) is 11.5. The van der Waals surface area contributed by atoms with Gasteiger partial charge in [0.05, 0.1) is 0 Å². The first-order chi connectivity index (χ1) is 9.19. The van der Waals surface area contributed by atoms with Crippen LogP contribution in [0.15, 0.2) is 55.1 Å². The highest BCUT2D eigenvalue weighted by atomic mass is 15.0. The quantitative estimate of drug-likeness (QED) is 0.318. The van der Waals surface area contributed by atoms with E-state index in [4.69, 9.17) is 11.5 Å². The molecule has 3 nitrogen and oxygen atoms in total. The van der Waals surface area contributed by atoms with E-state index in [2.05, 4.69) is 17.2 Å². The van der Waals surface area contributed by atoms with E-state index >= 15 is 0 Å². The smallest absolute Gasteiger partial charge is 0.215 e. The molecule has 3 rings (SSSR count). The molecule has 0 bridgehead atoms. The molecular weight excluding hydrogens is 234 g/mol. The van der Waals surface area contributed by atoms with Gasteiger partial charge in [0.2, 0.25) is 11.0 Å². The second-order valence-corrected chi connectivity index (χ2v) is 4.68. The van der Waals surface area contributed by atoms with Gasteiger partial charge in [-0.2, -0.15) is 4.57 Å². The standard InChI is InChI=1S/C16H15N3/c1-2-7-19-15-9-13(17)5-3-11(15)8-12-4-6-14(18)10-16(12)19/h2-6,8-10H,1,7H2,(H3,17,18)/p+1. The summed E-state index contributed by atoms with van der Waals surface area (Å²) in [7, 11) is 0. The van der Waals surface area contributed by atoms with Crippen molar-refractivity contribution in [3.8, 4) is 0 Å². The average Bonchev–Trinajstić information content (AvgIpc) is 2.40. The van der Waals surface area contributed by atoms with Gasteiger partial charge in [-0.15, -0.1) is 0 Å². The number of nitrogen functional groups attached to an aromatic ring is 2. The van der Waals surface area contributed by atoms with Crippen LogP contribution in [0.5, 0.6) is 0 Å². The van der Waals surface area contributed by atoms with Crippen molar-refractivity contribution in [2.24, 2.45) is 0 Å². The van der Waals surface area contributed by atoms with Gasteiger partial charge in [0.25, 0.3) is 0 Å². The predicted octanol–water partition coefficient (Wildman–Crippen LogP) is 2.63. The van der Waals surface area contributed by atoms with Crippen molar-refractivity contribution in [2.45, 2.75) is 6.54 Å². The molecule has 0 unspecified atom stereocenters. The molecule has 4 N–H and O–H groups in total. The molecule has 0 amide bonds. The van der Waals surface area contributed by atoms with Crippen molar-refractivity contribution in [3.63, 3.8) is 0 Å². The van der Waals surface area contributed by atoms with E-state index < -0.39 is 0 Å². The third-order valence-electron chi connectivity index (χ3n) is 3.31. The van der Waals surface area contributed by atoms with Crippen LogP contribution in [0.4, 0.5) is 11.4 Å². The number of pyridine rings is 1. The van der Waals surface area contributed by atoms with E-state index in [9.17, 15) is 0 Å². The fraction of sp³-hybridized carbons (Fsp3) is 0.0625. The predicted molar refractivity (Wildman–Crippen MR) is 80.7 cm³/mol. The highest BCUT2D eigenvalue weighted by molar-refractivity contribution is 5.91. The van der Waals surface area contributed by atoms with E-state index in [1.54, 1.807) is 0 Å². The van der Waals surface area contributed by atoms with Gasteiger partial charge in [-0.05, 0) is 36.4 Å². The van der Waals surface area contributed by atoms with Crippen LogP contribution in [0, 0.1) is 0 Å². The van der Waals surface area contributed by atoms with Gasteiger partial charge in [0, 0.05) is 34.3 Å². The van der Waals surface area contributed by atoms with Gasteiger partial charge in [-0.1, -0.05) is 6.58 Å². The summed E-state index contributed by atoms with van der Waals surface area (Å²) in [5, 5.41) is 2.32. The average molecular weight is 250 g/mol. The van der Waals surface area contributed by atoms with Crippen LogP contribution in [-0.2, 0) is 6.54 Å². The topological polar surface area (TPSA) is 55.9 Å². The molecule has 2 aromatic carbocycles. The van der Waals surface area contributed by atoms with Crippen LogP contribution in [0.1, 0.15) is 0 Å². The minimum absolute atomic E-state index is 0.723. The number of hydrogen-bond acceptors (Lipinski definition) is 2. The molecule has 0 atom stereocenters. The maximum absolute atomic E-state index is 5.90. The first-order valence-corrected chi connectivity index (χ1v) is 6.21. The van der Waals surface area contributed by atoms with E-state index in [0.717, 1.165) is 39.7 Å². The molecule has 19 heavy (non-hydrogen) atoms. The summed E-state index contributed by atoms with van der Waals surface area (Å²) in [6.07, 6.45) is 1.88. The summed E-state index contributed by atoms with van der Waals surface area (Å²) in [5.41, 5.74) is 15.5. The normalized spacial score (nSPS) is 10.9. The molecule has 1 heterocycles. The van der Waals surface area contributed by atoms with Crippen molar-refractivity contribution < 1.29 is 4.57 Å². The number of aromatic nitrogens is 1. The van der Waals surface area contributed by atoms with Crippen molar-refractivity contribution in [2.75, 3.05) is 11.5 Å². The van der Waals surface area contributed by atoms with Crippen LogP contribution in [0.2, 0.25) is 0 Å². The van der Waals surface area contributed by atoms with E-state index in [1.807, 2.05) is 42.5 Å². The molecule has 3 aromatic rings. The second kappa shape index (κ2) is 4.28. The highest BCUT2D eigenvalue weighted by Crippen LogP contribution is 2.21. The summed E-state index contributed by atoms with van der Waals surface area (Å²) in [5.74, 6) is 0. The minimum atomic E-state index is 0.723. The molecule has 0 aliphatic carbocycles. The molecule has 0 radical (unpaired) electrons. The molecule has 0 fully saturated rings. The first-order valence-electron chi connectivity index (χ1n) is 6.21. The Hall–Kier alpha value is -2.55. The lowest BCUT2D eigenvalue weighted by Gasteiger charge is -2.05. The zero-order valence-electron chi connectivity index (χ0n) is 10.6. The third-order valence-corrected chi connectivity index (χ3v) is 3.31. The zero-order chi connectivity index (χ0) is 13.4. The Labute approximate surface area is 111 Å². The van der Waals surface area contributed by atoms with Gasteiger partial charge < -0.3 is 11.5 Å². The molecule has 0 spiro atoms. The molecule has 3 heteroatoms. The van der Waals surface area contributed by atoms with Gasteiger partial charge in [0.15, 0.2) is 6.54 Å². The summed E-state index contributed by atoms with van der Waals surface area (Å²) < 4.78 is 2.18. The molecule has 0 saturated carbocycles. The summed E-state index contributed by atoms with van der Waals surface area (Å²) in [6.45, 7) is 4.55. The number of fused-ring (bicyclic) bond motifs is 2. The molecule has 1 aromatic heterocycles. The lowest BCUT2D eigenvalue weighted by atomic mass is 10.1. The van der Waals surface area contributed by atoms with E-state index in [1.165, 1.54) is 0 Å². The fourth-order valence-electron chi connectivity index (χ4n) is 2.46. The SMILES string of the molecule is C=CC[n+]1c2cc(N)ccc2cc2ccc(N)cc21. The second-order valence-electron chi connectivity index (χ2n) is 4.68.